The van der Waals surface area contributed by atoms with Crippen molar-refractivity contribution in [2.24, 2.45) is 0 Å². The van der Waals surface area contributed by atoms with Gasteiger partial charge in [-0.3, -0.25) is 0 Å². The number of rotatable bonds is 3. The van der Waals surface area contributed by atoms with Gasteiger partial charge in [0.25, 0.3) is 0 Å². The van der Waals surface area contributed by atoms with Crippen LogP contribution in [0, 0.1) is 6.92 Å². The van der Waals surface area contributed by atoms with Crippen LogP contribution in [0.25, 0.3) is 0 Å². The Morgan fingerprint density at radius 1 is 1.37 bits per heavy atom. The number of nitrogens with two attached hydrogens (primary N) is 1. The standard InChI is InChI=1S/C11H11F3N4S/c1-6-2-3-19-7(6)5-16-9-4-8(11(12,13)14)17-10(15)18-9/h2-4H,5H2,1H3,(H3,15,16,17,18). The molecule has 0 fully saturated rings. The molecule has 2 rings (SSSR count). The highest BCUT2D eigenvalue weighted by atomic mass is 32.1. The van der Waals surface area contributed by atoms with Crippen LogP contribution in [0.1, 0.15) is 16.1 Å². The van der Waals surface area contributed by atoms with Crippen molar-refractivity contribution in [2.75, 3.05) is 11.1 Å². The Balaban J connectivity index is 2.17. The molecule has 19 heavy (non-hydrogen) atoms. The minimum absolute atomic E-state index is 0.0626. The van der Waals surface area contributed by atoms with Gasteiger partial charge in [-0.25, -0.2) is 4.98 Å². The first-order valence-electron chi connectivity index (χ1n) is 5.35. The molecule has 0 aliphatic rings. The molecule has 0 saturated heterocycles. The lowest BCUT2D eigenvalue weighted by molar-refractivity contribution is -0.141. The van der Waals surface area contributed by atoms with E-state index in [1.54, 1.807) is 0 Å². The van der Waals surface area contributed by atoms with Crippen molar-refractivity contribution in [3.63, 3.8) is 0 Å². The third-order valence-corrected chi connectivity index (χ3v) is 3.46. The second-order valence-corrected chi connectivity index (χ2v) is 4.88. The zero-order valence-electron chi connectivity index (χ0n) is 9.95. The fraction of sp³-hybridized carbons (Fsp3) is 0.273. The molecule has 102 valence electrons. The van der Waals surface area contributed by atoms with E-state index in [0.29, 0.717) is 6.54 Å². The van der Waals surface area contributed by atoms with E-state index >= 15 is 0 Å². The molecule has 0 aromatic carbocycles. The van der Waals surface area contributed by atoms with Crippen LogP contribution in [-0.4, -0.2) is 9.97 Å². The number of nitrogens with one attached hydrogen (secondary N) is 1. The Hall–Kier alpha value is -1.83. The number of aryl methyl sites for hydroxylation is 1. The van der Waals surface area contributed by atoms with E-state index < -0.39 is 17.8 Å². The first kappa shape index (κ1) is 13.6. The Morgan fingerprint density at radius 3 is 2.68 bits per heavy atom. The third kappa shape index (κ3) is 3.34. The molecule has 0 aliphatic heterocycles. The minimum Gasteiger partial charge on any atom is -0.368 e. The predicted octanol–water partition coefficient (Wildman–Crippen LogP) is 3.06. The maximum Gasteiger partial charge on any atom is 0.433 e. The van der Waals surface area contributed by atoms with Gasteiger partial charge in [-0.2, -0.15) is 18.2 Å². The van der Waals surface area contributed by atoms with Crippen molar-refractivity contribution in [1.82, 2.24) is 9.97 Å². The number of hydrogen-bond donors (Lipinski definition) is 2. The van der Waals surface area contributed by atoms with Gasteiger partial charge in [0, 0.05) is 10.9 Å². The maximum absolute atomic E-state index is 12.6. The van der Waals surface area contributed by atoms with Gasteiger partial charge in [0.2, 0.25) is 5.95 Å². The summed E-state index contributed by atoms with van der Waals surface area (Å²) in [5, 5.41) is 4.74. The summed E-state index contributed by atoms with van der Waals surface area (Å²) in [6.45, 7) is 2.33. The Bertz CT molecular complexity index is 580. The van der Waals surface area contributed by atoms with Crippen molar-refractivity contribution in [3.8, 4) is 0 Å². The summed E-state index contributed by atoms with van der Waals surface area (Å²) < 4.78 is 37.7. The molecule has 2 aromatic heterocycles. The fourth-order valence-electron chi connectivity index (χ4n) is 1.46. The first-order valence-corrected chi connectivity index (χ1v) is 6.23. The van der Waals surface area contributed by atoms with E-state index in [2.05, 4.69) is 15.3 Å². The summed E-state index contributed by atoms with van der Waals surface area (Å²) in [6.07, 6.45) is -4.54. The van der Waals surface area contributed by atoms with Crippen LogP contribution in [0.15, 0.2) is 17.5 Å². The molecule has 0 aliphatic carbocycles. The molecule has 4 nitrogen and oxygen atoms in total. The van der Waals surface area contributed by atoms with Crippen LogP contribution in [0.2, 0.25) is 0 Å². The largest absolute Gasteiger partial charge is 0.433 e. The number of nitrogen functional groups attached to an aromatic ring is 1. The quantitative estimate of drug-likeness (QED) is 0.911. The van der Waals surface area contributed by atoms with Crippen molar-refractivity contribution >= 4 is 23.1 Å². The molecular formula is C11H11F3N4S. The summed E-state index contributed by atoms with van der Waals surface area (Å²) in [5.41, 5.74) is 5.30. The number of thiophene rings is 1. The summed E-state index contributed by atoms with van der Waals surface area (Å²) in [5.74, 6) is -0.340. The van der Waals surface area contributed by atoms with Gasteiger partial charge in [-0.1, -0.05) is 0 Å². The highest BCUT2D eigenvalue weighted by Crippen LogP contribution is 2.29. The number of anilines is 2. The Labute approximate surface area is 111 Å². The van der Waals surface area contributed by atoms with Gasteiger partial charge in [0.1, 0.15) is 5.82 Å². The van der Waals surface area contributed by atoms with Crippen LogP contribution in [0.5, 0.6) is 0 Å². The Morgan fingerprint density at radius 2 is 2.11 bits per heavy atom. The van der Waals surface area contributed by atoms with E-state index in [4.69, 9.17) is 5.73 Å². The molecule has 0 saturated carbocycles. The van der Waals surface area contributed by atoms with E-state index in [1.165, 1.54) is 11.3 Å². The second-order valence-electron chi connectivity index (χ2n) is 3.87. The molecule has 3 N–H and O–H groups in total. The lowest BCUT2D eigenvalue weighted by Gasteiger charge is -2.10. The predicted molar refractivity (Wildman–Crippen MR) is 67.8 cm³/mol. The van der Waals surface area contributed by atoms with Crippen LogP contribution in [-0.2, 0) is 12.7 Å². The maximum atomic E-state index is 12.6. The number of hydrogen-bond acceptors (Lipinski definition) is 5. The number of halogens is 3. The first-order chi connectivity index (χ1) is 8.86. The molecule has 0 amide bonds. The van der Waals surface area contributed by atoms with E-state index in [9.17, 15) is 13.2 Å². The summed E-state index contributed by atoms with van der Waals surface area (Å²) >= 11 is 1.52. The average Bonchev–Trinajstić information content (AvgIpc) is 2.70. The van der Waals surface area contributed by atoms with E-state index in [1.807, 2.05) is 18.4 Å². The SMILES string of the molecule is Cc1ccsc1CNc1cc(C(F)(F)F)nc(N)n1. The third-order valence-electron chi connectivity index (χ3n) is 2.43. The van der Waals surface area contributed by atoms with E-state index in [0.717, 1.165) is 16.5 Å². The van der Waals surface area contributed by atoms with Crippen LogP contribution < -0.4 is 11.1 Å². The number of alkyl halides is 3. The van der Waals surface area contributed by atoms with Gasteiger partial charge in [-0.15, -0.1) is 11.3 Å². The van der Waals surface area contributed by atoms with Gasteiger partial charge < -0.3 is 11.1 Å². The zero-order chi connectivity index (χ0) is 14.0. The molecule has 0 radical (unpaired) electrons. The monoisotopic (exact) mass is 288 g/mol. The molecule has 2 heterocycles. The second kappa shape index (κ2) is 5.04. The van der Waals surface area contributed by atoms with Gasteiger partial charge in [-0.05, 0) is 23.9 Å². The van der Waals surface area contributed by atoms with Crippen molar-refractivity contribution in [3.05, 3.63) is 33.6 Å². The highest BCUT2D eigenvalue weighted by molar-refractivity contribution is 7.10. The summed E-state index contributed by atoms with van der Waals surface area (Å²) in [4.78, 5) is 7.94. The summed E-state index contributed by atoms with van der Waals surface area (Å²) in [6, 6.07) is 2.79. The minimum atomic E-state index is -4.54. The van der Waals surface area contributed by atoms with Gasteiger partial charge >= 0.3 is 6.18 Å². The lowest BCUT2D eigenvalue weighted by atomic mass is 10.3. The van der Waals surface area contributed by atoms with E-state index in [-0.39, 0.29) is 5.82 Å². The molecule has 0 unspecified atom stereocenters. The van der Waals surface area contributed by atoms with Gasteiger partial charge in [0.05, 0.1) is 6.54 Å². The van der Waals surface area contributed by atoms with Crippen molar-refractivity contribution in [1.29, 1.82) is 0 Å². The highest BCUT2D eigenvalue weighted by Gasteiger charge is 2.33. The topological polar surface area (TPSA) is 63.8 Å². The molecule has 8 heteroatoms. The lowest BCUT2D eigenvalue weighted by Crippen LogP contribution is -2.12. The molecular weight excluding hydrogens is 277 g/mol. The Kier molecular flexibility index (Phi) is 3.61. The molecule has 0 spiro atoms. The molecule has 2 aromatic rings. The average molecular weight is 288 g/mol. The van der Waals surface area contributed by atoms with Gasteiger partial charge in [0.15, 0.2) is 5.69 Å². The van der Waals surface area contributed by atoms with Crippen molar-refractivity contribution < 1.29 is 13.2 Å². The normalized spacial score (nSPS) is 11.6. The molecule has 0 atom stereocenters. The van der Waals surface area contributed by atoms with Crippen LogP contribution >= 0.6 is 11.3 Å². The number of aromatic nitrogens is 2. The molecule has 0 bridgehead atoms. The van der Waals surface area contributed by atoms with Crippen molar-refractivity contribution in [2.45, 2.75) is 19.6 Å². The van der Waals surface area contributed by atoms with Crippen LogP contribution in [0.4, 0.5) is 24.9 Å². The van der Waals surface area contributed by atoms with Crippen LogP contribution in [0.3, 0.4) is 0 Å². The zero-order valence-corrected chi connectivity index (χ0v) is 10.8. The smallest absolute Gasteiger partial charge is 0.368 e. The summed E-state index contributed by atoms with van der Waals surface area (Å²) in [7, 11) is 0. The fourth-order valence-corrected chi connectivity index (χ4v) is 2.30. The number of nitrogens with zero attached hydrogens (tertiary/aromatic N) is 2.